The van der Waals surface area contributed by atoms with E-state index in [0.29, 0.717) is 19.6 Å². The molecule has 0 bridgehead atoms. The van der Waals surface area contributed by atoms with Crippen LogP contribution in [0.4, 0.5) is 0 Å². The molecule has 0 aliphatic carbocycles. The lowest BCUT2D eigenvalue weighted by Gasteiger charge is -2.28. The van der Waals surface area contributed by atoms with Gasteiger partial charge in [0, 0.05) is 44.5 Å². The van der Waals surface area contributed by atoms with Gasteiger partial charge < -0.3 is 15.2 Å². The van der Waals surface area contributed by atoms with Gasteiger partial charge in [0.1, 0.15) is 5.69 Å². The maximum atomic E-state index is 10.4. The van der Waals surface area contributed by atoms with Gasteiger partial charge in [0.05, 0.1) is 29.9 Å². The Hall–Kier alpha value is -2.03. The van der Waals surface area contributed by atoms with Gasteiger partial charge in [-0.2, -0.15) is 5.10 Å². The summed E-state index contributed by atoms with van der Waals surface area (Å²) < 4.78 is 7.29. The molecule has 1 aromatic carbocycles. The molecule has 148 valence electrons. The van der Waals surface area contributed by atoms with Crippen molar-refractivity contribution >= 4 is 11.3 Å². The van der Waals surface area contributed by atoms with E-state index in [4.69, 9.17) is 9.84 Å². The number of nitrogens with one attached hydrogen (secondary N) is 1. The third-order valence-electron chi connectivity index (χ3n) is 4.83. The standard InChI is InChI=1S/C21H26N4O2S/c26-19(16-24-8-10-27-11-9-24)14-22-13-17-15-25(18-5-2-1-3-6-18)23-21(17)20-7-4-12-28-20/h1-7,12,15,19,22,26H,8-11,13-14,16H2/t19-/m1/s1. The minimum absolute atomic E-state index is 0.396. The quantitative estimate of drug-likeness (QED) is 0.610. The maximum Gasteiger partial charge on any atom is 0.107 e. The molecule has 1 fully saturated rings. The predicted molar refractivity (Wildman–Crippen MR) is 112 cm³/mol. The van der Waals surface area contributed by atoms with E-state index < -0.39 is 6.10 Å². The van der Waals surface area contributed by atoms with Crippen molar-refractivity contribution in [2.75, 3.05) is 39.4 Å². The van der Waals surface area contributed by atoms with Crippen molar-refractivity contribution in [3.05, 3.63) is 59.6 Å². The summed E-state index contributed by atoms with van der Waals surface area (Å²) in [6, 6.07) is 14.3. The highest BCUT2D eigenvalue weighted by atomic mass is 32.1. The number of thiophene rings is 1. The smallest absolute Gasteiger partial charge is 0.107 e. The molecule has 2 N–H and O–H groups in total. The maximum absolute atomic E-state index is 10.4. The monoisotopic (exact) mass is 398 g/mol. The van der Waals surface area contributed by atoms with Crippen molar-refractivity contribution in [1.29, 1.82) is 0 Å². The van der Waals surface area contributed by atoms with Gasteiger partial charge in [0.15, 0.2) is 0 Å². The Balaban J connectivity index is 1.41. The molecule has 3 heterocycles. The molecule has 6 nitrogen and oxygen atoms in total. The molecule has 0 unspecified atom stereocenters. The van der Waals surface area contributed by atoms with Crippen molar-refractivity contribution in [3.8, 4) is 16.3 Å². The van der Waals surface area contributed by atoms with E-state index in [0.717, 1.165) is 48.1 Å². The van der Waals surface area contributed by atoms with Crippen LogP contribution in [0.2, 0.25) is 0 Å². The number of aromatic nitrogens is 2. The van der Waals surface area contributed by atoms with Gasteiger partial charge >= 0.3 is 0 Å². The molecule has 28 heavy (non-hydrogen) atoms. The fraction of sp³-hybridized carbons (Fsp3) is 0.381. The molecule has 1 aliphatic rings. The fourth-order valence-corrected chi connectivity index (χ4v) is 4.14. The topological polar surface area (TPSA) is 62.5 Å². The summed E-state index contributed by atoms with van der Waals surface area (Å²) in [6.45, 7) is 5.19. The van der Waals surface area contributed by atoms with Crippen molar-refractivity contribution in [2.24, 2.45) is 0 Å². The lowest BCUT2D eigenvalue weighted by Crippen LogP contribution is -2.43. The summed E-state index contributed by atoms with van der Waals surface area (Å²) in [5.74, 6) is 0. The first-order valence-corrected chi connectivity index (χ1v) is 10.5. The molecule has 2 aromatic heterocycles. The second kappa shape index (κ2) is 9.45. The number of nitrogens with zero attached hydrogens (tertiary/aromatic N) is 3. The Kier molecular flexibility index (Phi) is 6.51. The molecule has 0 radical (unpaired) electrons. The third-order valence-corrected chi connectivity index (χ3v) is 5.71. The summed E-state index contributed by atoms with van der Waals surface area (Å²) in [5, 5.41) is 20.6. The van der Waals surface area contributed by atoms with Gasteiger partial charge in [-0.25, -0.2) is 4.68 Å². The minimum Gasteiger partial charge on any atom is -0.390 e. The molecule has 3 aromatic rings. The lowest BCUT2D eigenvalue weighted by atomic mass is 10.2. The first kappa shape index (κ1) is 19.3. The molecular formula is C21H26N4O2S. The number of β-amino-alcohol motifs (C(OH)–C–C–N with tert-alkyl or cyclic N) is 1. The zero-order chi connectivity index (χ0) is 19.2. The van der Waals surface area contributed by atoms with E-state index in [1.165, 1.54) is 0 Å². The Bertz CT molecular complexity index is 845. The first-order valence-electron chi connectivity index (χ1n) is 9.66. The highest BCUT2D eigenvalue weighted by Crippen LogP contribution is 2.27. The van der Waals surface area contributed by atoms with E-state index in [-0.39, 0.29) is 0 Å². The molecule has 1 saturated heterocycles. The van der Waals surface area contributed by atoms with Gasteiger partial charge in [0.2, 0.25) is 0 Å². The SMILES string of the molecule is O[C@H](CNCc1cn(-c2ccccc2)nc1-c1cccs1)CN1CCOCC1. The Labute approximate surface area is 169 Å². The van der Waals surface area contributed by atoms with Crippen LogP contribution in [-0.2, 0) is 11.3 Å². The van der Waals surface area contributed by atoms with Crippen LogP contribution in [0, 0.1) is 0 Å². The Morgan fingerprint density at radius 2 is 1.96 bits per heavy atom. The summed E-state index contributed by atoms with van der Waals surface area (Å²) in [4.78, 5) is 3.40. The Morgan fingerprint density at radius 3 is 2.71 bits per heavy atom. The van der Waals surface area contributed by atoms with E-state index in [9.17, 15) is 5.11 Å². The molecule has 0 saturated carbocycles. The normalized spacial score (nSPS) is 16.3. The van der Waals surface area contributed by atoms with Gasteiger partial charge in [-0.15, -0.1) is 11.3 Å². The second-order valence-corrected chi connectivity index (χ2v) is 7.91. The average molecular weight is 399 g/mol. The number of benzene rings is 1. The van der Waals surface area contributed by atoms with E-state index in [1.807, 2.05) is 28.9 Å². The van der Waals surface area contributed by atoms with Gasteiger partial charge in [0.25, 0.3) is 0 Å². The van der Waals surface area contributed by atoms with Crippen LogP contribution in [-0.4, -0.2) is 65.3 Å². The summed E-state index contributed by atoms with van der Waals surface area (Å²) in [6.07, 6.45) is 1.68. The molecule has 0 spiro atoms. The van der Waals surface area contributed by atoms with E-state index >= 15 is 0 Å². The van der Waals surface area contributed by atoms with Gasteiger partial charge in [-0.05, 0) is 23.6 Å². The predicted octanol–water partition coefficient (Wildman–Crippen LogP) is 2.38. The van der Waals surface area contributed by atoms with Crippen molar-refractivity contribution in [1.82, 2.24) is 20.0 Å². The molecule has 0 amide bonds. The number of hydrogen-bond acceptors (Lipinski definition) is 6. The van der Waals surface area contributed by atoms with Crippen LogP contribution in [0.15, 0.2) is 54.0 Å². The van der Waals surface area contributed by atoms with Gasteiger partial charge in [-0.3, -0.25) is 4.90 Å². The number of para-hydroxylation sites is 1. The van der Waals surface area contributed by atoms with Crippen LogP contribution in [0.3, 0.4) is 0 Å². The highest BCUT2D eigenvalue weighted by molar-refractivity contribution is 7.13. The number of ether oxygens (including phenoxy) is 1. The molecule has 4 rings (SSSR count). The second-order valence-electron chi connectivity index (χ2n) is 6.96. The highest BCUT2D eigenvalue weighted by Gasteiger charge is 2.16. The van der Waals surface area contributed by atoms with Crippen molar-refractivity contribution in [3.63, 3.8) is 0 Å². The lowest BCUT2D eigenvalue weighted by molar-refractivity contribution is 0.0149. The zero-order valence-corrected chi connectivity index (χ0v) is 16.6. The van der Waals surface area contributed by atoms with Crippen LogP contribution in [0.1, 0.15) is 5.56 Å². The van der Waals surface area contributed by atoms with Crippen molar-refractivity contribution < 1.29 is 9.84 Å². The number of hydrogen-bond donors (Lipinski definition) is 2. The van der Waals surface area contributed by atoms with Crippen LogP contribution in [0.5, 0.6) is 0 Å². The van der Waals surface area contributed by atoms with Crippen LogP contribution >= 0.6 is 11.3 Å². The molecule has 1 atom stereocenters. The summed E-state index contributed by atoms with van der Waals surface area (Å²) in [5.41, 5.74) is 3.16. The minimum atomic E-state index is -0.396. The van der Waals surface area contributed by atoms with E-state index in [2.05, 4.69) is 40.0 Å². The summed E-state index contributed by atoms with van der Waals surface area (Å²) >= 11 is 1.69. The van der Waals surface area contributed by atoms with Crippen molar-refractivity contribution in [2.45, 2.75) is 12.6 Å². The number of morpholine rings is 1. The van der Waals surface area contributed by atoms with Crippen LogP contribution in [0.25, 0.3) is 16.3 Å². The molecule has 1 aliphatic heterocycles. The zero-order valence-electron chi connectivity index (χ0n) is 15.8. The van der Waals surface area contributed by atoms with Crippen LogP contribution < -0.4 is 5.32 Å². The fourth-order valence-electron chi connectivity index (χ4n) is 3.39. The van der Waals surface area contributed by atoms with Gasteiger partial charge in [-0.1, -0.05) is 24.3 Å². The molecular weight excluding hydrogens is 372 g/mol. The summed E-state index contributed by atoms with van der Waals surface area (Å²) in [7, 11) is 0. The van der Waals surface area contributed by atoms with E-state index in [1.54, 1.807) is 11.3 Å². The third kappa shape index (κ3) is 4.87. The number of aliphatic hydroxyl groups is 1. The molecule has 7 heteroatoms. The average Bonchev–Trinajstić information content (AvgIpc) is 3.39. The number of aliphatic hydroxyl groups excluding tert-OH is 1. The largest absolute Gasteiger partial charge is 0.390 e. The first-order chi connectivity index (χ1) is 13.8. The Morgan fingerprint density at radius 1 is 1.14 bits per heavy atom. The number of rotatable bonds is 8.